The van der Waals surface area contributed by atoms with Gasteiger partial charge in [-0.3, -0.25) is 0 Å². The van der Waals surface area contributed by atoms with Crippen molar-refractivity contribution in [3.8, 4) is 0 Å². The van der Waals surface area contributed by atoms with E-state index in [-0.39, 0.29) is 0 Å². The van der Waals surface area contributed by atoms with Crippen molar-refractivity contribution in [2.45, 2.75) is 51.9 Å². The normalized spacial score (nSPS) is 13.4. The van der Waals surface area contributed by atoms with Gasteiger partial charge in [0.15, 0.2) is 0 Å². The van der Waals surface area contributed by atoms with E-state index < -0.39 is 5.96 Å². The van der Waals surface area contributed by atoms with Crippen LogP contribution in [0.2, 0.25) is 0 Å². The van der Waals surface area contributed by atoms with Crippen LogP contribution in [-0.4, -0.2) is 12.3 Å². The van der Waals surface area contributed by atoms with E-state index in [0.717, 1.165) is 12.3 Å². The van der Waals surface area contributed by atoms with Gasteiger partial charge in [-0.05, 0) is 0 Å². The molecule has 0 atom stereocenters. The van der Waals surface area contributed by atoms with Gasteiger partial charge in [0.25, 0.3) is 0 Å². The molecule has 0 saturated carbocycles. The second-order valence-corrected chi connectivity index (χ2v) is 15.3. The minimum atomic E-state index is -2.34. The fraction of sp³-hybridized carbons (Fsp3) is 0.455. The summed E-state index contributed by atoms with van der Waals surface area (Å²) in [5.41, 5.74) is 2.82. The van der Waals surface area contributed by atoms with Crippen molar-refractivity contribution >= 4 is 17.2 Å². The minimum absolute atomic E-state index is 1.07. The Morgan fingerprint density at radius 2 is 1.04 bits per heavy atom. The first kappa shape index (κ1) is 19.5. The van der Waals surface area contributed by atoms with E-state index in [2.05, 4.69) is 74.5 Å². The molecule has 0 bridgehead atoms. The molecule has 132 valence electrons. The van der Waals surface area contributed by atoms with Gasteiger partial charge < -0.3 is 0 Å². The molecule has 2 heteroatoms. The third kappa shape index (κ3) is 5.61. The fourth-order valence-corrected chi connectivity index (χ4v) is 10.6. The molecule has 0 heterocycles. The van der Waals surface area contributed by atoms with Crippen LogP contribution in [0.25, 0.3) is 0 Å². The summed E-state index contributed by atoms with van der Waals surface area (Å²) in [6.07, 6.45) is 9.47. The molecule has 2 aromatic rings. The number of hydrogen-bond acceptors (Lipinski definition) is 0. The zero-order valence-electron chi connectivity index (χ0n) is 15.3. The quantitative estimate of drug-likeness (QED) is 0.380. The second-order valence-electron chi connectivity index (χ2n) is 7.26. The van der Waals surface area contributed by atoms with Gasteiger partial charge >= 0.3 is 153 Å². The molecule has 0 unspecified atom stereocenters. The Balaban J connectivity index is 2.37. The van der Waals surface area contributed by atoms with E-state index in [4.69, 9.17) is 11.2 Å². The van der Waals surface area contributed by atoms with Crippen molar-refractivity contribution in [2.24, 2.45) is 0 Å². The second kappa shape index (κ2) is 9.02. The Morgan fingerprint density at radius 3 is 1.38 bits per heavy atom. The topological polar surface area (TPSA) is 0 Å². The molecule has 0 fully saturated rings. The summed E-state index contributed by atoms with van der Waals surface area (Å²) in [5, 5.41) is 0. The van der Waals surface area contributed by atoms with Crippen LogP contribution >= 0.6 is 17.2 Å². The molecule has 0 nitrogen and oxygen atoms in total. The van der Waals surface area contributed by atoms with Gasteiger partial charge in [-0.1, -0.05) is 0 Å². The van der Waals surface area contributed by atoms with Crippen molar-refractivity contribution in [2.75, 3.05) is 12.3 Å². The van der Waals surface area contributed by atoms with Crippen molar-refractivity contribution in [1.29, 1.82) is 0 Å². The average molecular weight is 363 g/mol. The first-order chi connectivity index (χ1) is 11.6. The molecule has 0 aliphatic carbocycles. The number of benzene rings is 2. The summed E-state index contributed by atoms with van der Waals surface area (Å²) in [7, 11) is 0. The van der Waals surface area contributed by atoms with Gasteiger partial charge in [0.1, 0.15) is 0 Å². The van der Waals surface area contributed by atoms with Crippen molar-refractivity contribution in [1.82, 2.24) is 0 Å². The Hall–Kier alpha value is -0.840. The molecule has 0 aliphatic heterocycles. The zero-order chi connectivity index (χ0) is 17.3. The molecule has 0 spiro atoms. The maximum atomic E-state index is 7.75. The number of halogens is 1. The van der Waals surface area contributed by atoms with Crippen molar-refractivity contribution < 1.29 is 0 Å². The predicted octanol–water partition coefficient (Wildman–Crippen LogP) is 7.69. The molecular formula is C22H32ClP. The van der Waals surface area contributed by atoms with Crippen molar-refractivity contribution in [3.05, 3.63) is 71.8 Å². The molecule has 0 saturated heterocycles. The Morgan fingerprint density at radius 1 is 0.667 bits per heavy atom. The summed E-state index contributed by atoms with van der Waals surface area (Å²) in [6, 6.07) is 21.8. The molecule has 0 N–H and O–H groups in total. The van der Waals surface area contributed by atoms with Crippen LogP contribution in [0.3, 0.4) is 0 Å². The summed E-state index contributed by atoms with van der Waals surface area (Å²) in [4.78, 5) is 0. The van der Waals surface area contributed by atoms with Crippen LogP contribution in [0, 0.1) is 0 Å². The molecule has 2 aromatic carbocycles. The van der Waals surface area contributed by atoms with E-state index >= 15 is 0 Å². The van der Waals surface area contributed by atoms with Crippen LogP contribution in [0.4, 0.5) is 0 Å². The fourth-order valence-electron chi connectivity index (χ4n) is 3.67. The first-order valence-corrected chi connectivity index (χ1v) is 13.3. The molecule has 2 rings (SSSR count). The SMILES string of the molecule is CCCCP(Cl)(CCCC)(Cc1ccccc1)Cc1ccccc1. The van der Waals surface area contributed by atoms with Crippen LogP contribution in [0.1, 0.15) is 50.7 Å². The van der Waals surface area contributed by atoms with Gasteiger partial charge in [0.05, 0.1) is 0 Å². The van der Waals surface area contributed by atoms with Crippen LogP contribution in [0.15, 0.2) is 60.7 Å². The van der Waals surface area contributed by atoms with Gasteiger partial charge in [0.2, 0.25) is 0 Å². The Kier molecular flexibility index (Phi) is 7.33. The van der Waals surface area contributed by atoms with Crippen LogP contribution < -0.4 is 0 Å². The third-order valence-electron chi connectivity index (χ3n) is 4.98. The Labute approximate surface area is 153 Å². The zero-order valence-corrected chi connectivity index (χ0v) is 16.9. The number of hydrogen-bond donors (Lipinski definition) is 0. The summed E-state index contributed by atoms with van der Waals surface area (Å²) in [5.74, 6) is -2.34. The third-order valence-corrected chi connectivity index (χ3v) is 11.9. The van der Waals surface area contributed by atoms with Gasteiger partial charge in [-0.25, -0.2) is 0 Å². The molecule has 24 heavy (non-hydrogen) atoms. The molecule has 0 radical (unpaired) electrons. The molecule has 0 aromatic heterocycles. The van der Waals surface area contributed by atoms with E-state index in [0.29, 0.717) is 0 Å². The molecular weight excluding hydrogens is 331 g/mol. The van der Waals surface area contributed by atoms with E-state index in [1.54, 1.807) is 0 Å². The Bertz CT molecular complexity index is 540. The van der Waals surface area contributed by atoms with Gasteiger partial charge in [0, 0.05) is 0 Å². The summed E-state index contributed by atoms with van der Waals surface area (Å²) >= 11 is 7.75. The summed E-state index contributed by atoms with van der Waals surface area (Å²) in [6.45, 7) is 4.56. The summed E-state index contributed by atoms with van der Waals surface area (Å²) < 4.78 is 0. The van der Waals surface area contributed by atoms with Crippen LogP contribution in [-0.2, 0) is 12.3 Å². The maximum absolute atomic E-state index is 7.75. The van der Waals surface area contributed by atoms with Gasteiger partial charge in [-0.15, -0.1) is 0 Å². The van der Waals surface area contributed by atoms with Crippen LogP contribution in [0.5, 0.6) is 0 Å². The molecule has 0 amide bonds. The van der Waals surface area contributed by atoms with Gasteiger partial charge in [-0.2, -0.15) is 0 Å². The monoisotopic (exact) mass is 362 g/mol. The molecule has 0 aliphatic rings. The predicted molar refractivity (Wildman–Crippen MR) is 113 cm³/mol. The van der Waals surface area contributed by atoms with E-state index in [1.807, 2.05) is 0 Å². The van der Waals surface area contributed by atoms with E-state index in [1.165, 1.54) is 49.1 Å². The number of unbranched alkanes of at least 4 members (excludes halogenated alkanes) is 2. The van der Waals surface area contributed by atoms with E-state index in [9.17, 15) is 0 Å². The average Bonchev–Trinajstić information content (AvgIpc) is 2.60. The van der Waals surface area contributed by atoms with Crippen molar-refractivity contribution in [3.63, 3.8) is 0 Å². The first-order valence-electron chi connectivity index (χ1n) is 9.38. The standard InChI is InChI=1S/C22H32ClP/c1-3-5-17-24(23,18-6-4-2,19-21-13-9-7-10-14-21)20-22-15-11-8-12-16-22/h7-16H,3-6,17-20H2,1-2H3. The number of rotatable bonds is 10.